The fourth-order valence-electron chi connectivity index (χ4n) is 1.55. The lowest BCUT2D eigenvalue weighted by atomic mass is 10.2. The van der Waals surface area contributed by atoms with Crippen molar-refractivity contribution in [3.8, 4) is 0 Å². The van der Waals surface area contributed by atoms with Gasteiger partial charge in [0.15, 0.2) is 0 Å². The summed E-state index contributed by atoms with van der Waals surface area (Å²) in [6.07, 6.45) is -0.0109. The number of ether oxygens (including phenoxy) is 2. The minimum absolute atomic E-state index is 0.0109. The smallest absolute Gasteiger partial charge is 0.292 e. The second kappa shape index (κ2) is 6.93. The van der Waals surface area contributed by atoms with Crippen molar-refractivity contribution in [1.82, 2.24) is 0 Å². The maximum Gasteiger partial charge on any atom is 0.292 e. The number of rotatable bonds is 7. The fraction of sp³-hybridized carbons (Fsp3) is 0.500. The van der Waals surface area contributed by atoms with Crippen molar-refractivity contribution >= 4 is 11.4 Å². The van der Waals surface area contributed by atoms with E-state index in [2.05, 4.69) is 5.32 Å². The number of nitro groups is 1. The zero-order chi connectivity index (χ0) is 13.5. The van der Waals surface area contributed by atoms with Crippen LogP contribution in [-0.4, -0.2) is 31.8 Å². The van der Waals surface area contributed by atoms with Crippen molar-refractivity contribution in [1.29, 1.82) is 0 Å². The SMILES string of the molecule is CNc1cc(COC(C)COC)ccc1[N+](=O)[O-]. The molecular weight excluding hydrogens is 236 g/mol. The Morgan fingerprint density at radius 1 is 1.50 bits per heavy atom. The number of methoxy groups -OCH3 is 1. The Morgan fingerprint density at radius 3 is 2.78 bits per heavy atom. The van der Waals surface area contributed by atoms with Gasteiger partial charge in [0.1, 0.15) is 5.69 Å². The first-order valence-corrected chi connectivity index (χ1v) is 5.64. The van der Waals surface area contributed by atoms with Crippen LogP contribution >= 0.6 is 0 Å². The van der Waals surface area contributed by atoms with E-state index in [0.29, 0.717) is 18.9 Å². The molecule has 100 valence electrons. The molecule has 0 saturated carbocycles. The number of anilines is 1. The van der Waals surface area contributed by atoms with Crippen LogP contribution in [-0.2, 0) is 16.1 Å². The van der Waals surface area contributed by atoms with Crippen LogP contribution in [0.5, 0.6) is 0 Å². The number of hydrogen-bond donors (Lipinski definition) is 1. The van der Waals surface area contributed by atoms with Gasteiger partial charge in [-0.1, -0.05) is 0 Å². The lowest BCUT2D eigenvalue weighted by Crippen LogP contribution is -2.14. The quantitative estimate of drug-likeness (QED) is 0.596. The van der Waals surface area contributed by atoms with E-state index < -0.39 is 4.92 Å². The second-order valence-electron chi connectivity index (χ2n) is 3.94. The van der Waals surface area contributed by atoms with Gasteiger partial charge >= 0.3 is 0 Å². The molecular formula is C12H18N2O4. The van der Waals surface area contributed by atoms with E-state index in [4.69, 9.17) is 9.47 Å². The van der Waals surface area contributed by atoms with Crippen LogP contribution in [0.3, 0.4) is 0 Å². The Kier molecular flexibility index (Phi) is 5.54. The summed E-state index contributed by atoms with van der Waals surface area (Å²) in [5.41, 5.74) is 1.43. The Bertz CT molecular complexity index is 409. The van der Waals surface area contributed by atoms with E-state index in [9.17, 15) is 10.1 Å². The molecule has 0 radical (unpaired) electrons. The van der Waals surface area contributed by atoms with Gasteiger partial charge < -0.3 is 14.8 Å². The highest BCUT2D eigenvalue weighted by atomic mass is 16.6. The second-order valence-corrected chi connectivity index (χ2v) is 3.94. The van der Waals surface area contributed by atoms with Crippen LogP contribution in [0.4, 0.5) is 11.4 Å². The van der Waals surface area contributed by atoms with Gasteiger partial charge in [0.2, 0.25) is 0 Å². The molecule has 0 aliphatic rings. The molecule has 0 aliphatic carbocycles. The zero-order valence-electron chi connectivity index (χ0n) is 10.8. The van der Waals surface area contributed by atoms with Crippen molar-refractivity contribution in [2.24, 2.45) is 0 Å². The highest BCUT2D eigenvalue weighted by Gasteiger charge is 2.13. The zero-order valence-corrected chi connectivity index (χ0v) is 10.8. The molecule has 1 aromatic rings. The number of nitrogens with zero attached hydrogens (tertiary/aromatic N) is 1. The highest BCUT2D eigenvalue weighted by Crippen LogP contribution is 2.25. The maximum atomic E-state index is 10.8. The van der Waals surface area contributed by atoms with Gasteiger partial charge in [-0.3, -0.25) is 10.1 Å². The summed E-state index contributed by atoms with van der Waals surface area (Å²) >= 11 is 0. The molecule has 1 atom stereocenters. The first-order chi connectivity index (χ1) is 8.58. The normalized spacial score (nSPS) is 12.2. The predicted octanol–water partition coefficient (Wildman–Crippen LogP) is 2.19. The first kappa shape index (κ1) is 14.4. The van der Waals surface area contributed by atoms with Gasteiger partial charge in [-0.2, -0.15) is 0 Å². The standard InChI is InChI=1S/C12H18N2O4/c1-9(7-17-3)18-8-10-4-5-12(14(15)16)11(6-10)13-2/h4-6,9,13H,7-8H2,1-3H3. The molecule has 0 heterocycles. The average Bonchev–Trinajstić information content (AvgIpc) is 2.36. The maximum absolute atomic E-state index is 10.8. The minimum Gasteiger partial charge on any atom is -0.383 e. The summed E-state index contributed by atoms with van der Waals surface area (Å²) in [6, 6.07) is 4.89. The number of benzene rings is 1. The topological polar surface area (TPSA) is 73.6 Å². The molecule has 0 amide bonds. The van der Waals surface area contributed by atoms with Crippen LogP contribution < -0.4 is 5.32 Å². The van der Waals surface area contributed by atoms with E-state index in [0.717, 1.165) is 5.56 Å². The molecule has 1 unspecified atom stereocenters. The molecule has 0 fully saturated rings. The molecule has 0 saturated heterocycles. The Morgan fingerprint density at radius 2 is 2.22 bits per heavy atom. The molecule has 6 nitrogen and oxygen atoms in total. The van der Waals surface area contributed by atoms with Gasteiger partial charge in [-0.05, 0) is 24.6 Å². The molecule has 0 aromatic heterocycles. The van der Waals surface area contributed by atoms with Crippen LogP contribution in [0, 0.1) is 10.1 Å². The molecule has 0 spiro atoms. The first-order valence-electron chi connectivity index (χ1n) is 5.64. The van der Waals surface area contributed by atoms with Gasteiger partial charge in [-0.15, -0.1) is 0 Å². The summed E-state index contributed by atoms with van der Waals surface area (Å²) < 4.78 is 10.5. The van der Waals surface area contributed by atoms with Crippen molar-refractivity contribution < 1.29 is 14.4 Å². The Labute approximate surface area is 106 Å². The lowest BCUT2D eigenvalue weighted by Gasteiger charge is -2.12. The number of nitro benzene ring substituents is 1. The van der Waals surface area contributed by atoms with Crippen LogP contribution in [0.1, 0.15) is 12.5 Å². The van der Waals surface area contributed by atoms with Gasteiger partial charge in [0.25, 0.3) is 5.69 Å². The van der Waals surface area contributed by atoms with Crippen molar-refractivity contribution in [2.75, 3.05) is 26.1 Å². The summed E-state index contributed by atoms with van der Waals surface area (Å²) in [7, 11) is 3.27. The van der Waals surface area contributed by atoms with Crippen LogP contribution in [0.2, 0.25) is 0 Å². The Hall–Kier alpha value is -1.66. The summed E-state index contributed by atoms with van der Waals surface area (Å²) in [6.45, 7) is 2.83. The summed E-state index contributed by atoms with van der Waals surface area (Å²) in [5.74, 6) is 0. The Balaban J connectivity index is 2.71. The predicted molar refractivity (Wildman–Crippen MR) is 68.8 cm³/mol. The molecule has 1 rings (SSSR count). The molecule has 6 heteroatoms. The van der Waals surface area contributed by atoms with Gasteiger partial charge in [0, 0.05) is 20.2 Å². The lowest BCUT2D eigenvalue weighted by molar-refractivity contribution is -0.384. The highest BCUT2D eigenvalue weighted by molar-refractivity contribution is 5.62. The summed E-state index contributed by atoms with van der Waals surface area (Å²) in [5, 5.41) is 13.6. The van der Waals surface area contributed by atoms with E-state index >= 15 is 0 Å². The van der Waals surface area contributed by atoms with Gasteiger partial charge in [0.05, 0.1) is 24.2 Å². The fourth-order valence-corrected chi connectivity index (χ4v) is 1.55. The van der Waals surface area contributed by atoms with E-state index in [1.807, 2.05) is 6.92 Å². The van der Waals surface area contributed by atoms with Crippen LogP contribution in [0.25, 0.3) is 0 Å². The average molecular weight is 254 g/mol. The molecule has 0 bridgehead atoms. The monoisotopic (exact) mass is 254 g/mol. The van der Waals surface area contributed by atoms with Crippen LogP contribution in [0.15, 0.2) is 18.2 Å². The third kappa shape index (κ3) is 3.97. The van der Waals surface area contributed by atoms with Gasteiger partial charge in [-0.25, -0.2) is 0 Å². The number of hydrogen-bond acceptors (Lipinski definition) is 5. The van der Waals surface area contributed by atoms with E-state index in [1.54, 1.807) is 26.3 Å². The van der Waals surface area contributed by atoms with Crippen molar-refractivity contribution in [2.45, 2.75) is 19.6 Å². The molecule has 1 N–H and O–H groups in total. The molecule has 0 aliphatic heterocycles. The largest absolute Gasteiger partial charge is 0.383 e. The third-order valence-corrected chi connectivity index (χ3v) is 2.46. The van der Waals surface area contributed by atoms with E-state index in [-0.39, 0.29) is 11.8 Å². The van der Waals surface area contributed by atoms with Crippen molar-refractivity contribution in [3.05, 3.63) is 33.9 Å². The number of nitrogens with one attached hydrogen (secondary N) is 1. The van der Waals surface area contributed by atoms with Crippen molar-refractivity contribution in [3.63, 3.8) is 0 Å². The van der Waals surface area contributed by atoms with E-state index in [1.165, 1.54) is 6.07 Å². The third-order valence-electron chi connectivity index (χ3n) is 2.46. The molecule has 1 aromatic carbocycles. The minimum atomic E-state index is -0.413. The summed E-state index contributed by atoms with van der Waals surface area (Å²) in [4.78, 5) is 10.3. The molecule has 18 heavy (non-hydrogen) atoms.